The molecule has 3 N–H and O–H groups in total. The van der Waals surface area contributed by atoms with E-state index in [9.17, 15) is 14.7 Å². The van der Waals surface area contributed by atoms with Crippen molar-refractivity contribution in [1.82, 2.24) is 20.8 Å². The van der Waals surface area contributed by atoms with Crippen LogP contribution in [0.15, 0.2) is 65.2 Å². The molecule has 1 aromatic heterocycles. The maximum absolute atomic E-state index is 12.2. The van der Waals surface area contributed by atoms with E-state index in [0.29, 0.717) is 27.9 Å². The molecule has 1 unspecified atom stereocenters. The molecule has 1 aliphatic heterocycles. The van der Waals surface area contributed by atoms with Crippen LogP contribution in [0.2, 0.25) is 0 Å². The van der Waals surface area contributed by atoms with Gasteiger partial charge in [0.1, 0.15) is 11.3 Å². The molecule has 2 heterocycles. The van der Waals surface area contributed by atoms with Gasteiger partial charge in [0, 0.05) is 10.9 Å². The first kappa shape index (κ1) is 17.9. The second-order valence-corrected chi connectivity index (χ2v) is 7.22. The molecule has 0 spiro atoms. The molecule has 0 bridgehead atoms. The van der Waals surface area contributed by atoms with E-state index in [1.54, 1.807) is 37.3 Å². The van der Waals surface area contributed by atoms with Crippen LogP contribution in [-0.4, -0.2) is 27.2 Å². The number of rotatable bonds is 3. The van der Waals surface area contributed by atoms with Gasteiger partial charge >= 0.3 is 6.03 Å². The Morgan fingerprint density at radius 3 is 2.67 bits per heavy atom. The van der Waals surface area contributed by atoms with Crippen LogP contribution in [-0.2, 0) is 10.3 Å². The lowest BCUT2D eigenvalue weighted by molar-refractivity contribution is -0.123. The topological polar surface area (TPSA) is 117 Å². The van der Waals surface area contributed by atoms with E-state index in [0.717, 1.165) is 5.39 Å². The SMILES string of the molecule is CC1(c2cccc(-c3noc(-c4ccc5ccccc5c4O)n3)c2)NC(=O)NC1=O. The molecule has 8 nitrogen and oxygen atoms in total. The fourth-order valence-electron chi connectivity index (χ4n) is 3.59. The second-order valence-electron chi connectivity index (χ2n) is 7.22. The number of fused-ring (bicyclic) bond motifs is 1. The van der Waals surface area contributed by atoms with Gasteiger partial charge in [-0.15, -0.1) is 0 Å². The normalized spacial score (nSPS) is 18.4. The summed E-state index contributed by atoms with van der Waals surface area (Å²) in [5.74, 6) is 0.110. The molecule has 1 fully saturated rings. The van der Waals surface area contributed by atoms with E-state index in [4.69, 9.17) is 4.52 Å². The number of hydrogen-bond acceptors (Lipinski definition) is 6. The van der Waals surface area contributed by atoms with Crippen LogP contribution < -0.4 is 10.6 Å². The molecule has 0 saturated carbocycles. The van der Waals surface area contributed by atoms with Gasteiger partial charge in [-0.25, -0.2) is 4.79 Å². The maximum Gasteiger partial charge on any atom is 0.322 e. The van der Waals surface area contributed by atoms with E-state index in [1.165, 1.54) is 0 Å². The third kappa shape index (κ3) is 2.69. The molecule has 1 saturated heterocycles. The number of urea groups is 1. The molecule has 4 aromatic rings. The second kappa shape index (κ2) is 6.41. The summed E-state index contributed by atoms with van der Waals surface area (Å²) < 4.78 is 5.39. The van der Waals surface area contributed by atoms with Gasteiger partial charge in [-0.3, -0.25) is 10.1 Å². The van der Waals surface area contributed by atoms with Crippen LogP contribution in [0.4, 0.5) is 4.79 Å². The van der Waals surface area contributed by atoms with Gasteiger partial charge in [0.2, 0.25) is 5.82 Å². The number of carbonyl (C=O) groups excluding carboxylic acids is 2. The molecule has 3 aromatic carbocycles. The zero-order valence-electron chi connectivity index (χ0n) is 15.8. The molecule has 0 aliphatic carbocycles. The van der Waals surface area contributed by atoms with Crippen LogP contribution in [0.5, 0.6) is 5.75 Å². The number of aromatic hydroxyl groups is 1. The van der Waals surface area contributed by atoms with Crippen molar-refractivity contribution in [1.29, 1.82) is 0 Å². The first-order valence-electron chi connectivity index (χ1n) is 9.25. The minimum absolute atomic E-state index is 0.0647. The van der Waals surface area contributed by atoms with Crippen LogP contribution in [0.1, 0.15) is 12.5 Å². The van der Waals surface area contributed by atoms with E-state index in [1.807, 2.05) is 30.3 Å². The molecule has 30 heavy (non-hydrogen) atoms. The zero-order valence-corrected chi connectivity index (χ0v) is 15.8. The summed E-state index contributed by atoms with van der Waals surface area (Å²) in [7, 11) is 0. The van der Waals surface area contributed by atoms with Crippen molar-refractivity contribution >= 4 is 22.7 Å². The summed E-state index contributed by atoms with van der Waals surface area (Å²) >= 11 is 0. The van der Waals surface area contributed by atoms with Gasteiger partial charge in [-0.2, -0.15) is 4.98 Å². The van der Waals surface area contributed by atoms with Crippen molar-refractivity contribution < 1.29 is 19.2 Å². The van der Waals surface area contributed by atoms with Crippen LogP contribution in [0, 0.1) is 0 Å². The molecular weight excluding hydrogens is 384 g/mol. The summed E-state index contributed by atoms with van der Waals surface area (Å²) in [6.45, 7) is 1.63. The Hall–Kier alpha value is -4.20. The van der Waals surface area contributed by atoms with Crippen LogP contribution in [0.25, 0.3) is 33.6 Å². The van der Waals surface area contributed by atoms with Crippen molar-refractivity contribution in [2.45, 2.75) is 12.5 Å². The molecule has 148 valence electrons. The van der Waals surface area contributed by atoms with Gasteiger partial charge in [0.05, 0.1) is 5.56 Å². The molecule has 1 atom stereocenters. The molecule has 8 heteroatoms. The molecule has 0 radical (unpaired) electrons. The summed E-state index contributed by atoms with van der Waals surface area (Å²) in [4.78, 5) is 28.2. The number of hydrogen-bond donors (Lipinski definition) is 3. The Labute approximate surface area is 170 Å². The highest BCUT2D eigenvalue weighted by molar-refractivity contribution is 6.07. The average molecular weight is 400 g/mol. The van der Waals surface area contributed by atoms with E-state index in [-0.39, 0.29) is 11.6 Å². The van der Waals surface area contributed by atoms with Crippen molar-refractivity contribution in [2.24, 2.45) is 0 Å². The van der Waals surface area contributed by atoms with Crippen LogP contribution >= 0.6 is 0 Å². The Morgan fingerprint density at radius 1 is 1.03 bits per heavy atom. The number of imide groups is 1. The predicted octanol–water partition coefficient (Wildman–Crippen LogP) is 3.32. The fraction of sp³-hybridized carbons (Fsp3) is 0.0909. The smallest absolute Gasteiger partial charge is 0.322 e. The van der Waals surface area contributed by atoms with Gasteiger partial charge in [-0.1, -0.05) is 53.7 Å². The number of benzene rings is 3. The monoisotopic (exact) mass is 400 g/mol. The number of phenols is 1. The summed E-state index contributed by atoms with van der Waals surface area (Å²) in [6, 6.07) is 17.5. The Kier molecular flexibility index (Phi) is 3.82. The average Bonchev–Trinajstić information content (AvgIpc) is 3.33. The van der Waals surface area contributed by atoms with Gasteiger partial charge in [0.25, 0.3) is 11.8 Å². The van der Waals surface area contributed by atoms with Crippen LogP contribution in [0.3, 0.4) is 0 Å². The lowest BCUT2D eigenvalue weighted by Gasteiger charge is -2.21. The van der Waals surface area contributed by atoms with E-state index < -0.39 is 17.5 Å². The van der Waals surface area contributed by atoms with Crippen molar-refractivity contribution in [2.75, 3.05) is 0 Å². The molecular formula is C22H16N4O4. The van der Waals surface area contributed by atoms with Crippen molar-refractivity contribution in [3.63, 3.8) is 0 Å². The minimum atomic E-state index is -1.18. The number of amides is 3. The third-order valence-corrected chi connectivity index (χ3v) is 5.30. The highest BCUT2D eigenvalue weighted by atomic mass is 16.5. The standard InChI is InChI=1S/C22H16N4O4/c1-22(20(28)24-21(29)25-22)14-7-4-6-13(11-14)18-23-19(30-26-18)16-10-9-12-5-2-3-8-15(12)17(16)27/h2-11,27H,1H3,(H2,24,25,28,29). The van der Waals surface area contributed by atoms with Crippen molar-refractivity contribution in [3.05, 3.63) is 66.2 Å². The predicted molar refractivity (Wildman–Crippen MR) is 108 cm³/mol. The first-order valence-corrected chi connectivity index (χ1v) is 9.25. The molecule has 5 rings (SSSR count). The zero-order chi connectivity index (χ0) is 20.9. The lowest BCUT2D eigenvalue weighted by atomic mass is 9.91. The summed E-state index contributed by atoms with van der Waals surface area (Å²) in [5.41, 5.74) is 0.440. The fourth-order valence-corrected chi connectivity index (χ4v) is 3.59. The van der Waals surface area contributed by atoms with Gasteiger partial charge < -0.3 is 14.9 Å². The number of aromatic nitrogens is 2. The highest BCUT2D eigenvalue weighted by Crippen LogP contribution is 2.36. The van der Waals surface area contributed by atoms with E-state index >= 15 is 0 Å². The maximum atomic E-state index is 12.2. The quantitative estimate of drug-likeness (QED) is 0.454. The minimum Gasteiger partial charge on any atom is -0.506 e. The Bertz CT molecular complexity index is 1330. The number of phenolic OH excluding ortho intramolecular Hbond substituents is 1. The largest absolute Gasteiger partial charge is 0.506 e. The highest BCUT2D eigenvalue weighted by Gasteiger charge is 2.43. The number of carbonyl (C=O) groups is 2. The summed E-state index contributed by atoms with van der Waals surface area (Å²) in [5, 5.41) is 21.1. The molecule has 1 aliphatic rings. The third-order valence-electron chi connectivity index (χ3n) is 5.30. The molecule has 3 amide bonds. The van der Waals surface area contributed by atoms with Gasteiger partial charge in [0.15, 0.2) is 0 Å². The Balaban J connectivity index is 1.53. The number of nitrogens with one attached hydrogen (secondary N) is 2. The van der Waals surface area contributed by atoms with E-state index in [2.05, 4.69) is 20.8 Å². The van der Waals surface area contributed by atoms with Crippen molar-refractivity contribution in [3.8, 4) is 28.6 Å². The lowest BCUT2D eigenvalue weighted by Crippen LogP contribution is -2.40. The number of nitrogens with zero attached hydrogens (tertiary/aromatic N) is 2. The van der Waals surface area contributed by atoms with Gasteiger partial charge in [-0.05, 0) is 30.0 Å². The Morgan fingerprint density at radius 2 is 1.87 bits per heavy atom. The first-order chi connectivity index (χ1) is 14.5. The summed E-state index contributed by atoms with van der Waals surface area (Å²) in [6.07, 6.45) is 0.